The lowest BCUT2D eigenvalue weighted by Gasteiger charge is -2.17. The number of rotatable bonds is 6. The average Bonchev–Trinajstić information content (AvgIpc) is 3.58. The molecule has 3 heterocycles. The van der Waals surface area contributed by atoms with E-state index in [9.17, 15) is 0 Å². The van der Waals surface area contributed by atoms with Crippen LogP contribution in [-0.4, -0.2) is 26.2 Å². The van der Waals surface area contributed by atoms with Gasteiger partial charge in [0, 0.05) is 61.8 Å². The minimum Gasteiger partial charge on any atom is -0.372 e. The predicted molar refractivity (Wildman–Crippen MR) is 141 cm³/mol. The van der Waals surface area contributed by atoms with Crippen molar-refractivity contribution in [2.45, 2.75) is 25.7 Å². The second-order valence-corrected chi connectivity index (χ2v) is 9.17. The van der Waals surface area contributed by atoms with Crippen molar-refractivity contribution >= 4 is 35.7 Å². The molecule has 0 radical (unpaired) electrons. The molecule has 5 rings (SSSR count). The van der Waals surface area contributed by atoms with Crippen LogP contribution in [0.25, 0.3) is 24.3 Å². The van der Waals surface area contributed by atoms with Gasteiger partial charge in [-0.3, -0.25) is 0 Å². The maximum absolute atomic E-state index is 2.48. The SMILES string of the molecule is C[n+]1c(C=Cc2ccc(N3CCCC3)cc2)cccc1C=Cc1ccc(N2CCCC2)cc1. The van der Waals surface area contributed by atoms with Gasteiger partial charge in [0.1, 0.15) is 7.05 Å². The number of hydrogen-bond acceptors (Lipinski definition) is 2. The van der Waals surface area contributed by atoms with Crippen LogP contribution in [0.4, 0.5) is 11.4 Å². The molecule has 3 nitrogen and oxygen atoms in total. The molecule has 3 heteroatoms. The summed E-state index contributed by atoms with van der Waals surface area (Å²) in [5.41, 5.74) is 7.52. The van der Waals surface area contributed by atoms with E-state index < -0.39 is 0 Å². The first kappa shape index (κ1) is 21.5. The number of hydrogen-bond donors (Lipinski definition) is 0. The van der Waals surface area contributed by atoms with Gasteiger partial charge in [-0.05, 0) is 79.3 Å². The fourth-order valence-corrected chi connectivity index (χ4v) is 4.86. The fraction of sp³-hybridized carbons (Fsp3) is 0.300. The van der Waals surface area contributed by atoms with Gasteiger partial charge in [-0.1, -0.05) is 24.3 Å². The van der Waals surface area contributed by atoms with Gasteiger partial charge in [-0.15, -0.1) is 0 Å². The van der Waals surface area contributed by atoms with Gasteiger partial charge in [0.25, 0.3) is 0 Å². The highest BCUT2D eigenvalue weighted by Gasteiger charge is 2.13. The van der Waals surface area contributed by atoms with Gasteiger partial charge in [0.2, 0.25) is 11.4 Å². The van der Waals surface area contributed by atoms with Crippen LogP contribution in [0.3, 0.4) is 0 Å². The normalized spacial score (nSPS) is 16.5. The molecule has 33 heavy (non-hydrogen) atoms. The summed E-state index contributed by atoms with van der Waals surface area (Å²) in [6, 6.07) is 24.3. The molecule has 0 amide bonds. The van der Waals surface area contributed by atoms with Gasteiger partial charge in [0.05, 0.1) is 0 Å². The van der Waals surface area contributed by atoms with E-state index in [2.05, 4.69) is 112 Å². The molecule has 0 aliphatic carbocycles. The maximum Gasteiger partial charge on any atom is 0.205 e. The Morgan fingerprint density at radius 3 is 1.33 bits per heavy atom. The Kier molecular flexibility index (Phi) is 6.57. The summed E-state index contributed by atoms with van der Waals surface area (Å²) in [5, 5.41) is 0. The Morgan fingerprint density at radius 1 is 0.545 bits per heavy atom. The standard InChI is InChI=1S/C30H34N3/c1-31-27(15-9-25-11-17-29(18-12-25)32-21-2-3-22-32)7-6-8-28(31)16-10-26-13-19-30(20-14-26)33-23-4-5-24-33/h6-20H,2-5,21-24H2,1H3/q+1. The zero-order valence-electron chi connectivity index (χ0n) is 19.7. The third-order valence-corrected chi connectivity index (χ3v) is 6.93. The minimum atomic E-state index is 1.19. The van der Waals surface area contributed by atoms with Crippen molar-refractivity contribution in [2.75, 3.05) is 36.0 Å². The number of anilines is 2. The van der Waals surface area contributed by atoms with Gasteiger partial charge in [-0.2, -0.15) is 4.57 Å². The average molecular weight is 437 g/mol. The van der Waals surface area contributed by atoms with Gasteiger partial charge in [-0.25, -0.2) is 0 Å². The molecule has 0 N–H and O–H groups in total. The molecule has 2 fully saturated rings. The molecular weight excluding hydrogens is 402 g/mol. The van der Waals surface area contributed by atoms with Gasteiger partial charge < -0.3 is 9.80 Å². The lowest BCUT2D eigenvalue weighted by atomic mass is 10.1. The molecule has 0 saturated carbocycles. The summed E-state index contributed by atoms with van der Waals surface area (Å²) in [7, 11) is 2.13. The molecule has 2 aromatic carbocycles. The van der Waals surface area contributed by atoms with Gasteiger partial charge in [0.15, 0.2) is 0 Å². The lowest BCUT2D eigenvalue weighted by molar-refractivity contribution is -0.675. The topological polar surface area (TPSA) is 10.4 Å². The van der Waals surface area contributed by atoms with Crippen LogP contribution in [0.5, 0.6) is 0 Å². The van der Waals surface area contributed by atoms with Crippen LogP contribution in [-0.2, 0) is 7.05 Å². The highest BCUT2D eigenvalue weighted by Crippen LogP contribution is 2.22. The highest BCUT2D eigenvalue weighted by molar-refractivity contribution is 5.70. The number of pyridine rings is 1. The molecule has 0 atom stereocenters. The van der Waals surface area contributed by atoms with E-state index in [1.165, 1.54) is 85.8 Å². The van der Waals surface area contributed by atoms with Crippen molar-refractivity contribution in [3.63, 3.8) is 0 Å². The summed E-state index contributed by atoms with van der Waals surface area (Å²) in [5.74, 6) is 0. The predicted octanol–water partition coefficient (Wildman–Crippen LogP) is 6.05. The Hall–Kier alpha value is -3.33. The first-order valence-electron chi connectivity index (χ1n) is 12.3. The van der Waals surface area contributed by atoms with E-state index in [0.717, 1.165) is 0 Å². The summed E-state index contributed by atoms with van der Waals surface area (Å²) in [6.07, 6.45) is 14.1. The summed E-state index contributed by atoms with van der Waals surface area (Å²) in [6.45, 7) is 4.75. The summed E-state index contributed by atoms with van der Waals surface area (Å²) in [4.78, 5) is 4.95. The Morgan fingerprint density at radius 2 is 0.939 bits per heavy atom. The van der Waals surface area contributed by atoms with Crippen molar-refractivity contribution in [2.24, 2.45) is 7.05 Å². The van der Waals surface area contributed by atoms with Crippen molar-refractivity contribution in [3.8, 4) is 0 Å². The van der Waals surface area contributed by atoms with Crippen LogP contribution in [0, 0.1) is 0 Å². The Balaban J connectivity index is 1.26. The third-order valence-electron chi connectivity index (χ3n) is 6.93. The van der Waals surface area contributed by atoms with Crippen molar-refractivity contribution < 1.29 is 4.57 Å². The largest absolute Gasteiger partial charge is 0.372 e. The number of aromatic nitrogens is 1. The molecule has 0 unspecified atom stereocenters. The first-order chi connectivity index (χ1) is 16.3. The molecular formula is C30H34N3+. The van der Waals surface area contributed by atoms with Gasteiger partial charge >= 0.3 is 0 Å². The minimum absolute atomic E-state index is 1.19. The van der Waals surface area contributed by atoms with Crippen LogP contribution >= 0.6 is 0 Å². The second-order valence-electron chi connectivity index (χ2n) is 9.17. The molecule has 1 aromatic heterocycles. The lowest BCUT2D eigenvalue weighted by Crippen LogP contribution is -2.35. The smallest absolute Gasteiger partial charge is 0.205 e. The first-order valence-corrected chi connectivity index (χ1v) is 12.3. The fourth-order valence-electron chi connectivity index (χ4n) is 4.86. The van der Waals surface area contributed by atoms with Crippen LogP contribution in [0.1, 0.15) is 48.2 Å². The quantitative estimate of drug-likeness (QED) is 0.435. The molecule has 2 saturated heterocycles. The molecule has 0 spiro atoms. The van der Waals surface area contributed by atoms with E-state index in [1.807, 2.05) is 0 Å². The summed E-state index contributed by atoms with van der Waals surface area (Å²) < 4.78 is 2.24. The van der Waals surface area contributed by atoms with Crippen LogP contribution < -0.4 is 14.4 Å². The third kappa shape index (κ3) is 5.19. The van der Waals surface area contributed by atoms with Crippen LogP contribution in [0.15, 0.2) is 66.7 Å². The van der Waals surface area contributed by atoms with Crippen molar-refractivity contribution in [1.82, 2.24) is 0 Å². The molecule has 3 aromatic rings. The summed E-state index contributed by atoms with van der Waals surface area (Å²) >= 11 is 0. The molecule has 2 aliphatic rings. The highest BCUT2D eigenvalue weighted by atomic mass is 15.1. The number of nitrogens with zero attached hydrogens (tertiary/aromatic N) is 3. The Labute approximate surface area is 198 Å². The Bertz CT molecular complexity index is 1030. The van der Waals surface area contributed by atoms with E-state index in [-0.39, 0.29) is 0 Å². The zero-order valence-corrected chi connectivity index (χ0v) is 19.7. The molecule has 0 bridgehead atoms. The maximum atomic E-state index is 2.48. The zero-order chi connectivity index (χ0) is 22.5. The van der Waals surface area contributed by atoms with E-state index >= 15 is 0 Å². The van der Waals surface area contributed by atoms with Crippen molar-refractivity contribution in [3.05, 3.63) is 89.2 Å². The van der Waals surface area contributed by atoms with Crippen LogP contribution in [0.2, 0.25) is 0 Å². The second kappa shape index (κ2) is 10.1. The molecule has 2 aliphatic heterocycles. The van der Waals surface area contributed by atoms with E-state index in [4.69, 9.17) is 0 Å². The monoisotopic (exact) mass is 436 g/mol. The number of benzene rings is 2. The van der Waals surface area contributed by atoms with Crippen molar-refractivity contribution in [1.29, 1.82) is 0 Å². The van der Waals surface area contributed by atoms with E-state index in [1.54, 1.807) is 0 Å². The molecule has 168 valence electrons. The van der Waals surface area contributed by atoms with E-state index in [0.29, 0.717) is 0 Å².